The first-order chi connectivity index (χ1) is 12.0. The van der Waals surface area contributed by atoms with Crippen LogP contribution >= 0.6 is 15.9 Å². The normalized spacial score (nSPS) is 12.0. The van der Waals surface area contributed by atoms with Gasteiger partial charge < -0.3 is 10.6 Å². The van der Waals surface area contributed by atoms with Crippen molar-refractivity contribution in [2.45, 2.75) is 19.9 Å². The summed E-state index contributed by atoms with van der Waals surface area (Å²) in [4.78, 5) is 24.8. The van der Waals surface area contributed by atoms with Crippen molar-refractivity contribution in [2.75, 3.05) is 5.32 Å². The zero-order valence-electron chi connectivity index (χ0n) is 13.8. The molecule has 0 aliphatic rings. The van der Waals surface area contributed by atoms with Gasteiger partial charge in [0.1, 0.15) is 6.04 Å². The summed E-state index contributed by atoms with van der Waals surface area (Å²) in [5, 5.41) is 13.1. The topological polar surface area (TPSA) is 86.9 Å². The first-order valence-electron chi connectivity index (χ1n) is 7.77. The second kappa shape index (κ2) is 7.06. The SMILES string of the molecule is Cc1c(Br)cccc1NC(=O)C(C)NC(=O)c1n[nH]c2ccccc12. The molecule has 1 aromatic heterocycles. The fourth-order valence-corrected chi connectivity index (χ4v) is 2.82. The summed E-state index contributed by atoms with van der Waals surface area (Å²) in [6.07, 6.45) is 0. The zero-order chi connectivity index (χ0) is 18.0. The molecule has 1 atom stereocenters. The van der Waals surface area contributed by atoms with Crippen LogP contribution in [0.2, 0.25) is 0 Å². The van der Waals surface area contributed by atoms with Gasteiger partial charge in [-0.25, -0.2) is 0 Å². The highest BCUT2D eigenvalue weighted by molar-refractivity contribution is 9.10. The number of aromatic nitrogens is 2. The number of hydrogen-bond acceptors (Lipinski definition) is 3. The molecule has 1 unspecified atom stereocenters. The number of fused-ring (bicyclic) bond motifs is 1. The van der Waals surface area contributed by atoms with Crippen molar-refractivity contribution in [3.8, 4) is 0 Å². The van der Waals surface area contributed by atoms with E-state index >= 15 is 0 Å². The lowest BCUT2D eigenvalue weighted by atomic mass is 10.2. The Morgan fingerprint density at radius 2 is 1.92 bits per heavy atom. The number of carbonyl (C=O) groups is 2. The predicted molar refractivity (Wildman–Crippen MR) is 101 cm³/mol. The number of carbonyl (C=O) groups excluding carboxylic acids is 2. The van der Waals surface area contributed by atoms with Gasteiger partial charge in [0, 0.05) is 15.5 Å². The van der Waals surface area contributed by atoms with Crippen LogP contribution in [0.1, 0.15) is 23.0 Å². The second-order valence-electron chi connectivity index (χ2n) is 5.71. The van der Waals surface area contributed by atoms with Crippen LogP contribution in [0.15, 0.2) is 46.9 Å². The third-order valence-corrected chi connectivity index (χ3v) is 4.81. The molecule has 0 aliphatic heterocycles. The van der Waals surface area contributed by atoms with E-state index in [1.165, 1.54) is 0 Å². The zero-order valence-corrected chi connectivity index (χ0v) is 15.3. The first-order valence-corrected chi connectivity index (χ1v) is 8.56. The largest absolute Gasteiger partial charge is 0.339 e. The fraction of sp³-hybridized carbons (Fsp3) is 0.167. The van der Waals surface area contributed by atoms with Gasteiger partial charge in [0.2, 0.25) is 5.91 Å². The Kier molecular flexibility index (Phi) is 4.85. The number of anilines is 1. The lowest BCUT2D eigenvalue weighted by molar-refractivity contribution is -0.117. The number of aromatic amines is 1. The van der Waals surface area contributed by atoms with Gasteiger partial charge in [-0.05, 0) is 37.6 Å². The molecule has 1 heterocycles. The maximum atomic E-state index is 12.4. The van der Waals surface area contributed by atoms with Crippen molar-refractivity contribution in [1.82, 2.24) is 15.5 Å². The number of halogens is 1. The number of amides is 2. The number of H-pyrrole nitrogens is 1. The van der Waals surface area contributed by atoms with E-state index in [1.54, 1.807) is 6.92 Å². The summed E-state index contributed by atoms with van der Waals surface area (Å²) < 4.78 is 0.907. The summed E-state index contributed by atoms with van der Waals surface area (Å²) in [5.41, 5.74) is 2.67. The molecule has 0 saturated carbocycles. The molecule has 25 heavy (non-hydrogen) atoms. The minimum Gasteiger partial charge on any atom is -0.339 e. The predicted octanol–water partition coefficient (Wildman–Crippen LogP) is 3.39. The molecular weight excluding hydrogens is 384 g/mol. The van der Waals surface area contributed by atoms with Crippen molar-refractivity contribution in [1.29, 1.82) is 0 Å². The third-order valence-electron chi connectivity index (χ3n) is 3.95. The summed E-state index contributed by atoms with van der Waals surface area (Å²) in [6, 6.07) is 12.2. The molecule has 7 heteroatoms. The maximum Gasteiger partial charge on any atom is 0.273 e. The standard InChI is InChI=1S/C18H17BrN4O2/c1-10-13(19)7-5-9-14(10)21-17(24)11(2)20-18(25)16-12-6-3-4-8-15(12)22-23-16/h3-9,11H,1-2H3,(H,20,25)(H,21,24)(H,22,23). The molecule has 3 rings (SSSR count). The number of nitrogens with zero attached hydrogens (tertiary/aromatic N) is 1. The molecule has 128 valence electrons. The maximum absolute atomic E-state index is 12.4. The van der Waals surface area contributed by atoms with Gasteiger partial charge in [0.15, 0.2) is 5.69 Å². The molecule has 2 aromatic carbocycles. The number of hydrogen-bond donors (Lipinski definition) is 3. The highest BCUT2D eigenvalue weighted by Crippen LogP contribution is 2.23. The Morgan fingerprint density at radius 3 is 2.72 bits per heavy atom. The molecule has 2 amide bonds. The van der Waals surface area contributed by atoms with Crippen LogP contribution in [0.5, 0.6) is 0 Å². The Labute approximate surface area is 153 Å². The number of rotatable bonds is 4. The molecule has 0 aliphatic carbocycles. The molecule has 0 bridgehead atoms. The molecule has 3 N–H and O–H groups in total. The van der Waals surface area contributed by atoms with E-state index in [9.17, 15) is 9.59 Å². The highest BCUT2D eigenvalue weighted by Gasteiger charge is 2.20. The third kappa shape index (κ3) is 3.56. The quantitative estimate of drug-likeness (QED) is 0.627. The summed E-state index contributed by atoms with van der Waals surface area (Å²) >= 11 is 3.43. The van der Waals surface area contributed by atoms with Crippen molar-refractivity contribution < 1.29 is 9.59 Å². The molecule has 0 spiro atoms. The molecule has 0 saturated heterocycles. The van der Waals surface area contributed by atoms with Gasteiger partial charge in [-0.15, -0.1) is 0 Å². The van der Waals surface area contributed by atoms with E-state index in [2.05, 4.69) is 36.8 Å². The van der Waals surface area contributed by atoms with Gasteiger partial charge in [0.05, 0.1) is 5.52 Å². The van der Waals surface area contributed by atoms with Crippen LogP contribution in [0.4, 0.5) is 5.69 Å². The van der Waals surface area contributed by atoms with Gasteiger partial charge in [-0.2, -0.15) is 5.10 Å². The molecule has 3 aromatic rings. The average Bonchev–Trinajstić information content (AvgIpc) is 3.03. The lowest BCUT2D eigenvalue weighted by Crippen LogP contribution is -2.41. The fourth-order valence-electron chi connectivity index (χ4n) is 2.45. The lowest BCUT2D eigenvalue weighted by Gasteiger charge is -2.15. The van der Waals surface area contributed by atoms with Gasteiger partial charge in [-0.1, -0.05) is 40.2 Å². The van der Waals surface area contributed by atoms with Crippen LogP contribution in [0, 0.1) is 6.92 Å². The highest BCUT2D eigenvalue weighted by atomic mass is 79.9. The Hall–Kier alpha value is -2.67. The van der Waals surface area contributed by atoms with Gasteiger partial charge >= 0.3 is 0 Å². The smallest absolute Gasteiger partial charge is 0.273 e. The van der Waals surface area contributed by atoms with E-state index in [0.29, 0.717) is 5.69 Å². The van der Waals surface area contributed by atoms with Gasteiger partial charge in [-0.3, -0.25) is 14.7 Å². The monoisotopic (exact) mass is 400 g/mol. The second-order valence-corrected chi connectivity index (χ2v) is 6.57. The van der Waals surface area contributed by atoms with Crippen LogP contribution < -0.4 is 10.6 Å². The summed E-state index contributed by atoms with van der Waals surface area (Å²) in [5.74, 6) is -0.694. The van der Waals surface area contributed by atoms with Crippen LogP contribution in [-0.4, -0.2) is 28.1 Å². The van der Waals surface area contributed by atoms with E-state index in [4.69, 9.17) is 0 Å². The number of para-hydroxylation sites is 1. The van der Waals surface area contributed by atoms with Crippen LogP contribution in [0.25, 0.3) is 10.9 Å². The summed E-state index contributed by atoms with van der Waals surface area (Å²) in [7, 11) is 0. The molecule has 0 fully saturated rings. The minimum absolute atomic E-state index is 0.272. The van der Waals surface area contributed by atoms with E-state index in [-0.39, 0.29) is 11.6 Å². The van der Waals surface area contributed by atoms with Crippen molar-refractivity contribution in [3.63, 3.8) is 0 Å². The number of nitrogens with one attached hydrogen (secondary N) is 3. The summed E-state index contributed by atoms with van der Waals surface area (Å²) in [6.45, 7) is 3.54. The van der Waals surface area contributed by atoms with E-state index in [1.807, 2.05) is 49.4 Å². The van der Waals surface area contributed by atoms with Crippen LogP contribution in [0.3, 0.4) is 0 Å². The Morgan fingerprint density at radius 1 is 1.16 bits per heavy atom. The first kappa shape index (κ1) is 17.2. The van der Waals surface area contributed by atoms with Crippen molar-refractivity contribution in [3.05, 3.63) is 58.2 Å². The number of benzene rings is 2. The van der Waals surface area contributed by atoms with E-state index < -0.39 is 11.9 Å². The molecular formula is C18H17BrN4O2. The Balaban J connectivity index is 1.71. The van der Waals surface area contributed by atoms with Gasteiger partial charge in [0.25, 0.3) is 5.91 Å². The minimum atomic E-state index is -0.707. The molecule has 0 radical (unpaired) electrons. The van der Waals surface area contributed by atoms with Crippen LogP contribution in [-0.2, 0) is 4.79 Å². The molecule has 6 nitrogen and oxygen atoms in total. The van der Waals surface area contributed by atoms with Crippen molar-refractivity contribution >= 4 is 44.3 Å². The average molecular weight is 401 g/mol. The van der Waals surface area contributed by atoms with Crippen molar-refractivity contribution in [2.24, 2.45) is 0 Å². The Bertz CT molecular complexity index is 951. The van der Waals surface area contributed by atoms with E-state index in [0.717, 1.165) is 20.9 Å².